The quantitative estimate of drug-likeness (QED) is 0.796. The van der Waals surface area contributed by atoms with E-state index < -0.39 is 0 Å². The van der Waals surface area contributed by atoms with Gasteiger partial charge in [-0.2, -0.15) is 5.10 Å². The van der Waals surface area contributed by atoms with Gasteiger partial charge in [0, 0.05) is 55.7 Å². The molecule has 0 radical (unpaired) electrons. The Morgan fingerprint density at radius 3 is 2.82 bits per heavy atom. The van der Waals surface area contributed by atoms with Gasteiger partial charge in [0.2, 0.25) is 0 Å². The van der Waals surface area contributed by atoms with Gasteiger partial charge in [-0.05, 0) is 23.8 Å². The number of carbonyl (C=O) groups excluding carboxylic acids is 1. The molecule has 0 aliphatic rings. The first-order chi connectivity index (χ1) is 10.7. The molecule has 0 bridgehead atoms. The summed E-state index contributed by atoms with van der Waals surface area (Å²) in [5.74, 6) is -0.153. The molecule has 0 unspecified atom stereocenters. The molecule has 3 rings (SSSR count). The van der Waals surface area contributed by atoms with Crippen LogP contribution in [0.4, 0.5) is 0 Å². The Morgan fingerprint density at radius 2 is 2.09 bits per heavy atom. The first kappa shape index (κ1) is 13.9. The normalized spacial score (nSPS) is 10.4. The standard InChI is InChI=1S/C16H15N5O/c1-21-11-15(10-20-21)14-5-12(6-18-9-14)7-19-16(22)13-3-2-4-17-8-13/h2-6,8-11H,7H2,1H3,(H,19,22). The average Bonchev–Trinajstić information content (AvgIpc) is 3.00. The maximum atomic E-state index is 12.0. The first-order valence-corrected chi connectivity index (χ1v) is 6.83. The Hall–Kier alpha value is -3.02. The van der Waals surface area contributed by atoms with Crippen molar-refractivity contribution in [3.05, 3.63) is 66.5 Å². The number of rotatable bonds is 4. The van der Waals surface area contributed by atoms with E-state index in [0.717, 1.165) is 16.7 Å². The van der Waals surface area contributed by atoms with Crippen molar-refractivity contribution in [3.63, 3.8) is 0 Å². The van der Waals surface area contributed by atoms with E-state index in [9.17, 15) is 4.79 Å². The number of pyridine rings is 2. The molecule has 1 N–H and O–H groups in total. The third-order valence-electron chi connectivity index (χ3n) is 3.21. The zero-order valence-electron chi connectivity index (χ0n) is 12.1. The number of hydrogen-bond donors (Lipinski definition) is 1. The van der Waals surface area contributed by atoms with Crippen LogP contribution < -0.4 is 5.32 Å². The lowest BCUT2D eigenvalue weighted by molar-refractivity contribution is 0.0950. The van der Waals surface area contributed by atoms with Crippen LogP contribution >= 0.6 is 0 Å². The van der Waals surface area contributed by atoms with E-state index in [1.54, 1.807) is 47.8 Å². The van der Waals surface area contributed by atoms with Crippen LogP contribution in [0.1, 0.15) is 15.9 Å². The Labute approximate surface area is 127 Å². The molecule has 0 spiro atoms. The minimum Gasteiger partial charge on any atom is -0.348 e. The third-order valence-corrected chi connectivity index (χ3v) is 3.21. The molecule has 22 heavy (non-hydrogen) atoms. The van der Waals surface area contributed by atoms with Gasteiger partial charge in [-0.3, -0.25) is 19.4 Å². The van der Waals surface area contributed by atoms with Gasteiger partial charge in [-0.25, -0.2) is 0 Å². The van der Waals surface area contributed by atoms with Crippen molar-refractivity contribution < 1.29 is 4.79 Å². The molecular formula is C16H15N5O. The van der Waals surface area contributed by atoms with Crippen molar-refractivity contribution in [1.29, 1.82) is 0 Å². The van der Waals surface area contributed by atoms with Gasteiger partial charge in [0.25, 0.3) is 5.91 Å². The molecule has 1 amide bonds. The number of hydrogen-bond acceptors (Lipinski definition) is 4. The average molecular weight is 293 g/mol. The van der Waals surface area contributed by atoms with Gasteiger partial charge in [0.1, 0.15) is 0 Å². The highest BCUT2D eigenvalue weighted by atomic mass is 16.1. The summed E-state index contributed by atoms with van der Waals surface area (Å²) in [5.41, 5.74) is 3.44. The van der Waals surface area contributed by atoms with E-state index in [2.05, 4.69) is 20.4 Å². The van der Waals surface area contributed by atoms with Crippen LogP contribution in [-0.4, -0.2) is 25.7 Å². The number of nitrogens with zero attached hydrogens (tertiary/aromatic N) is 4. The second-order valence-corrected chi connectivity index (χ2v) is 4.91. The number of carbonyl (C=O) groups is 1. The number of aromatic nitrogens is 4. The van der Waals surface area contributed by atoms with Gasteiger partial charge >= 0.3 is 0 Å². The Kier molecular flexibility index (Phi) is 3.91. The van der Waals surface area contributed by atoms with Crippen LogP contribution in [0.5, 0.6) is 0 Å². The summed E-state index contributed by atoms with van der Waals surface area (Å²) in [4.78, 5) is 20.1. The van der Waals surface area contributed by atoms with Crippen molar-refractivity contribution in [1.82, 2.24) is 25.1 Å². The summed E-state index contributed by atoms with van der Waals surface area (Å²) in [6.45, 7) is 0.412. The predicted octanol–water partition coefficient (Wildman–Crippen LogP) is 1.81. The highest BCUT2D eigenvalue weighted by molar-refractivity contribution is 5.93. The SMILES string of the molecule is Cn1cc(-c2cncc(CNC(=O)c3cccnc3)c2)cn1. The van der Waals surface area contributed by atoms with E-state index in [1.807, 2.05) is 19.3 Å². The van der Waals surface area contributed by atoms with Gasteiger partial charge in [0.05, 0.1) is 11.8 Å². The molecule has 0 aliphatic heterocycles. The van der Waals surface area contributed by atoms with Crippen LogP contribution in [0.15, 0.2) is 55.4 Å². The van der Waals surface area contributed by atoms with Crippen molar-refractivity contribution in [2.24, 2.45) is 7.05 Å². The second kappa shape index (κ2) is 6.17. The Balaban J connectivity index is 1.70. The monoisotopic (exact) mass is 293 g/mol. The van der Waals surface area contributed by atoms with E-state index in [0.29, 0.717) is 12.1 Å². The van der Waals surface area contributed by atoms with Gasteiger partial charge < -0.3 is 5.32 Å². The summed E-state index contributed by atoms with van der Waals surface area (Å²) in [7, 11) is 1.87. The molecule has 0 saturated heterocycles. The van der Waals surface area contributed by atoms with Crippen LogP contribution in [0, 0.1) is 0 Å². The van der Waals surface area contributed by atoms with Crippen LogP contribution in [0.3, 0.4) is 0 Å². The summed E-state index contributed by atoms with van der Waals surface area (Å²) < 4.78 is 1.74. The van der Waals surface area contributed by atoms with Crippen molar-refractivity contribution in [2.45, 2.75) is 6.54 Å². The highest BCUT2D eigenvalue weighted by Crippen LogP contribution is 2.18. The largest absolute Gasteiger partial charge is 0.348 e. The fourth-order valence-electron chi connectivity index (χ4n) is 2.09. The van der Waals surface area contributed by atoms with Crippen molar-refractivity contribution in [3.8, 4) is 11.1 Å². The maximum Gasteiger partial charge on any atom is 0.253 e. The minimum absolute atomic E-state index is 0.153. The predicted molar refractivity (Wildman–Crippen MR) is 81.8 cm³/mol. The maximum absolute atomic E-state index is 12.0. The summed E-state index contributed by atoms with van der Waals surface area (Å²) in [6.07, 6.45) is 10.4. The summed E-state index contributed by atoms with van der Waals surface area (Å²) in [5, 5.41) is 7.01. The number of aryl methyl sites for hydroxylation is 1. The smallest absolute Gasteiger partial charge is 0.253 e. The lowest BCUT2D eigenvalue weighted by Gasteiger charge is -2.06. The number of amides is 1. The molecule has 110 valence electrons. The van der Waals surface area contributed by atoms with Crippen LogP contribution in [0.2, 0.25) is 0 Å². The molecule has 0 aliphatic carbocycles. The summed E-state index contributed by atoms with van der Waals surface area (Å²) in [6, 6.07) is 5.46. The molecule has 3 heterocycles. The molecule has 6 nitrogen and oxygen atoms in total. The zero-order valence-corrected chi connectivity index (χ0v) is 12.1. The first-order valence-electron chi connectivity index (χ1n) is 6.83. The minimum atomic E-state index is -0.153. The molecular weight excluding hydrogens is 278 g/mol. The molecule has 0 aromatic carbocycles. The fraction of sp³-hybridized carbons (Fsp3) is 0.125. The molecule has 3 aromatic heterocycles. The lowest BCUT2D eigenvalue weighted by Crippen LogP contribution is -2.22. The van der Waals surface area contributed by atoms with Gasteiger partial charge in [-0.15, -0.1) is 0 Å². The molecule has 0 fully saturated rings. The van der Waals surface area contributed by atoms with Crippen molar-refractivity contribution in [2.75, 3.05) is 0 Å². The summed E-state index contributed by atoms with van der Waals surface area (Å²) >= 11 is 0. The van der Waals surface area contributed by atoms with Crippen LogP contribution in [-0.2, 0) is 13.6 Å². The lowest BCUT2D eigenvalue weighted by atomic mass is 10.1. The van der Waals surface area contributed by atoms with Gasteiger partial charge in [0.15, 0.2) is 0 Å². The Morgan fingerprint density at radius 1 is 1.18 bits per heavy atom. The molecule has 6 heteroatoms. The van der Waals surface area contributed by atoms with E-state index >= 15 is 0 Å². The van der Waals surface area contributed by atoms with E-state index in [4.69, 9.17) is 0 Å². The third kappa shape index (κ3) is 3.17. The molecule has 0 saturated carbocycles. The van der Waals surface area contributed by atoms with Crippen molar-refractivity contribution >= 4 is 5.91 Å². The topological polar surface area (TPSA) is 72.7 Å². The number of nitrogens with one attached hydrogen (secondary N) is 1. The fourth-order valence-corrected chi connectivity index (χ4v) is 2.09. The van der Waals surface area contributed by atoms with E-state index in [1.165, 1.54) is 0 Å². The molecule has 3 aromatic rings. The van der Waals surface area contributed by atoms with E-state index in [-0.39, 0.29) is 5.91 Å². The van der Waals surface area contributed by atoms with Gasteiger partial charge in [-0.1, -0.05) is 0 Å². The van der Waals surface area contributed by atoms with Crippen LogP contribution in [0.25, 0.3) is 11.1 Å². The Bertz CT molecular complexity index is 782. The zero-order chi connectivity index (χ0) is 15.4. The molecule has 0 atom stereocenters. The second-order valence-electron chi connectivity index (χ2n) is 4.91. The highest BCUT2D eigenvalue weighted by Gasteiger charge is 2.06.